The Morgan fingerprint density at radius 2 is 2.25 bits per heavy atom. The molecule has 7 nitrogen and oxygen atoms in total. The number of nitrogens with one attached hydrogen (secondary N) is 1. The van der Waals surface area contributed by atoms with Crippen LogP contribution in [0, 0.1) is 0 Å². The summed E-state index contributed by atoms with van der Waals surface area (Å²) < 4.78 is 27.8. The minimum absolute atomic E-state index is 0.0174. The molecule has 1 atom stereocenters. The second-order valence-electron chi connectivity index (χ2n) is 5.14. The summed E-state index contributed by atoms with van der Waals surface area (Å²) in [7, 11) is -1.78. The Kier molecular flexibility index (Phi) is 3.59. The predicted molar refractivity (Wildman–Crippen MR) is 75.3 cm³/mol. The van der Waals surface area contributed by atoms with Crippen LogP contribution in [0.1, 0.15) is 23.7 Å². The van der Waals surface area contributed by atoms with Gasteiger partial charge in [-0.05, 0) is 19.4 Å². The van der Waals surface area contributed by atoms with Crippen molar-refractivity contribution in [3.05, 3.63) is 17.8 Å². The summed E-state index contributed by atoms with van der Waals surface area (Å²) in [5.74, 6) is -0.110. The molecule has 0 bridgehead atoms. The van der Waals surface area contributed by atoms with Gasteiger partial charge >= 0.3 is 5.97 Å². The molecule has 110 valence electrons. The van der Waals surface area contributed by atoms with Gasteiger partial charge in [0.25, 0.3) is 0 Å². The molecule has 1 aromatic rings. The second kappa shape index (κ2) is 4.93. The zero-order valence-electron chi connectivity index (χ0n) is 11.3. The van der Waals surface area contributed by atoms with Gasteiger partial charge in [0.05, 0.1) is 35.4 Å². The van der Waals surface area contributed by atoms with E-state index in [0.29, 0.717) is 12.2 Å². The fourth-order valence-corrected chi connectivity index (χ4v) is 4.35. The number of methoxy groups -OCH3 is 1. The van der Waals surface area contributed by atoms with Gasteiger partial charge in [-0.1, -0.05) is 0 Å². The first-order chi connectivity index (χ1) is 9.26. The SMILES string of the molecule is COC(=O)c1ccnc(NC2(C)CCS(=O)(=O)C2)c1N. The quantitative estimate of drug-likeness (QED) is 0.779. The Labute approximate surface area is 117 Å². The number of carbonyl (C=O) groups excluding carboxylic acids is 1. The predicted octanol–water partition coefficient (Wildman–Crippen LogP) is 0.439. The lowest BCUT2D eigenvalue weighted by molar-refractivity contribution is 0.0602. The number of nitrogens with zero attached hydrogens (tertiary/aromatic N) is 1. The topological polar surface area (TPSA) is 111 Å². The molecule has 1 saturated heterocycles. The van der Waals surface area contributed by atoms with Gasteiger partial charge < -0.3 is 15.8 Å². The van der Waals surface area contributed by atoms with Crippen LogP contribution in [0.5, 0.6) is 0 Å². The lowest BCUT2D eigenvalue weighted by Gasteiger charge is -2.25. The zero-order chi connectivity index (χ0) is 15.0. The zero-order valence-corrected chi connectivity index (χ0v) is 12.2. The molecule has 1 aliphatic heterocycles. The second-order valence-corrected chi connectivity index (χ2v) is 7.32. The molecule has 0 aromatic carbocycles. The molecular formula is C12H17N3O4S. The van der Waals surface area contributed by atoms with Crippen LogP contribution < -0.4 is 11.1 Å². The standard InChI is InChI=1S/C12H17N3O4S/c1-12(4-6-20(17,18)7-12)15-10-9(13)8(3-5-14-10)11(16)19-2/h3,5H,4,6-7,13H2,1-2H3,(H,14,15). The first-order valence-corrected chi connectivity index (χ1v) is 7.90. The number of sulfone groups is 1. The van der Waals surface area contributed by atoms with E-state index in [0.717, 1.165) is 0 Å². The van der Waals surface area contributed by atoms with Crippen molar-refractivity contribution in [1.82, 2.24) is 4.98 Å². The van der Waals surface area contributed by atoms with Gasteiger partial charge in [0.2, 0.25) is 0 Å². The van der Waals surface area contributed by atoms with Crippen molar-refractivity contribution >= 4 is 27.3 Å². The fraction of sp³-hybridized carbons (Fsp3) is 0.500. The summed E-state index contributed by atoms with van der Waals surface area (Å²) in [5.41, 5.74) is 5.62. The van der Waals surface area contributed by atoms with Gasteiger partial charge in [-0.2, -0.15) is 0 Å². The molecular weight excluding hydrogens is 282 g/mol. The van der Waals surface area contributed by atoms with Crippen LogP contribution in [0.3, 0.4) is 0 Å². The van der Waals surface area contributed by atoms with Gasteiger partial charge in [0.15, 0.2) is 15.7 Å². The summed E-state index contributed by atoms with van der Waals surface area (Å²) in [6.45, 7) is 1.80. The van der Waals surface area contributed by atoms with Crippen molar-refractivity contribution < 1.29 is 17.9 Å². The number of nitrogen functional groups attached to an aromatic ring is 1. The van der Waals surface area contributed by atoms with E-state index in [2.05, 4.69) is 15.0 Å². The molecule has 20 heavy (non-hydrogen) atoms. The number of ether oxygens (including phenoxy) is 1. The summed E-state index contributed by atoms with van der Waals surface area (Å²) in [6.07, 6.45) is 1.90. The van der Waals surface area contributed by atoms with E-state index in [9.17, 15) is 13.2 Å². The first kappa shape index (κ1) is 14.6. The van der Waals surface area contributed by atoms with Crippen LogP contribution in [-0.2, 0) is 14.6 Å². The van der Waals surface area contributed by atoms with Gasteiger partial charge in [0.1, 0.15) is 0 Å². The van der Waals surface area contributed by atoms with Crippen LogP contribution >= 0.6 is 0 Å². The van der Waals surface area contributed by atoms with E-state index >= 15 is 0 Å². The number of hydrogen-bond acceptors (Lipinski definition) is 7. The number of hydrogen-bond donors (Lipinski definition) is 2. The number of pyridine rings is 1. The maximum Gasteiger partial charge on any atom is 0.340 e. The Bertz CT molecular complexity index is 644. The molecule has 8 heteroatoms. The van der Waals surface area contributed by atoms with Crippen molar-refractivity contribution in [2.75, 3.05) is 29.7 Å². The molecule has 2 heterocycles. The third-order valence-electron chi connectivity index (χ3n) is 3.32. The van der Waals surface area contributed by atoms with Gasteiger partial charge in [-0.3, -0.25) is 0 Å². The Morgan fingerprint density at radius 1 is 1.55 bits per heavy atom. The minimum Gasteiger partial charge on any atom is -0.465 e. The van der Waals surface area contributed by atoms with Crippen LogP contribution in [-0.4, -0.2) is 43.5 Å². The molecule has 0 saturated carbocycles. The summed E-state index contributed by atoms with van der Waals surface area (Å²) >= 11 is 0. The number of nitrogens with two attached hydrogens (primary N) is 1. The maximum atomic E-state index is 11.6. The Hall–Kier alpha value is -1.83. The molecule has 0 spiro atoms. The molecule has 0 radical (unpaired) electrons. The highest BCUT2D eigenvalue weighted by Gasteiger charge is 2.39. The highest BCUT2D eigenvalue weighted by molar-refractivity contribution is 7.91. The Balaban J connectivity index is 2.29. The van der Waals surface area contributed by atoms with Gasteiger partial charge in [0, 0.05) is 6.20 Å². The maximum absolute atomic E-state index is 11.6. The van der Waals surface area contributed by atoms with E-state index in [1.54, 1.807) is 6.92 Å². The molecule has 1 aliphatic rings. The van der Waals surface area contributed by atoms with Crippen molar-refractivity contribution in [3.8, 4) is 0 Å². The number of aromatic nitrogens is 1. The molecule has 2 rings (SSSR count). The highest BCUT2D eigenvalue weighted by Crippen LogP contribution is 2.30. The largest absolute Gasteiger partial charge is 0.465 e. The molecule has 0 aliphatic carbocycles. The van der Waals surface area contributed by atoms with E-state index in [4.69, 9.17) is 5.73 Å². The number of rotatable bonds is 3. The molecule has 1 fully saturated rings. The lowest BCUT2D eigenvalue weighted by atomic mass is 10.0. The minimum atomic E-state index is -3.04. The van der Waals surface area contributed by atoms with E-state index in [1.807, 2.05) is 0 Å². The number of esters is 1. The highest BCUT2D eigenvalue weighted by atomic mass is 32.2. The van der Waals surface area contributed by atoms with Gasteiger partial charge in [-0.25, -0.2) is 18.2 Å². The normalized spacial score (nSPS) is 24.3. The van der Waals surface area contributed by atoms with Gasteiger partial charge in [-0.15, -0.1) is 0 Å². The van der Waals surface area contributed by atoms with E-state index in [1.165, 1.54) is 19.4 Å². The molecule has 0 amide bonds. The average molecular weight is 299 g/mol. The lowest BCUT2D eigenvalue weighted by Crippen LogP contribution is -2.36. The third kappa shape index (κ3) is 2.84. The van der Waals surface area contributed by atoms with E-state index in [-0.39, 0.29) is 22.8 Å². The van der Waals surface area contributed by atoms with Crippen molar-refractivity contribution in [3.63, 3.8) is 0 Å². The Morgan fingerprint density at radius 3 is 2.80 bits per heavy atom. The van der Waals surface area contributed by atoms with Crippen LogP contribution in [0.25, 0.3) is 0 Å². The number of anilines is 2. The van der Waals surface area contributed by atoms with Crippen LogP contribution in [0.2, 0.25) is 0 Å². The van der Waals surface area contributed by atoms with Crippen molar-refractivity contribution in [2.24, 2.45) is 0 Å². The van der Waals surface area contributed by atoms with Crippen molar-refractivity contribution in [2.45, 2.75) is 18.9 Å². The number of carbonyl (C=O) groups is 1. The van der Waals surface area contributed by atoms with E-state index < -0.39 is 21.3 Å². The summed E-state index contributed by atoms with van der Waals surface area (Å²) in [6, 6.07) is 1.46. The summed E-state index contributed by atoms with van der Waals surface area (Å²) in [4.78, 5) is 15.6. The van der Waals surface area contributed by atoms with Crippen molar-refractivity contribution in [1.29, 1.82) is 0 Å². The monoisotopic (exact) mass is 299 g/mol. The molecule has 3 N–H and O–H groups in total. The van der Waals surface area contributed by atoms with Crippen LogP contribution in [0.4, 0.5) is 11.5 Å². The van der Waals surface area contributed by atoms with Crippen LogP contribution in [0.15, 0.2) is 12.3 Å². The average Bonchev–Trinajstić information content (AvgIpc) is 2.65. The third-order valence-corrected chi connectivity index (χ3v) is 5.22. The molecule has 1 aromatic heterocycles. The smallest absolute Gasteiger partial charge is 0.340 e. The first-order valence-electron chi connectivity index (χ1n) is 6.08. The fourth-order valence-electron chi connectivity index (χ4n) is 2.26. The molecule has 1 unspecified atom stereocenters. The summed E-state index contributed by atoms with van der Waals surface area (Å²) in [5, 5.41) is 3.04.